The molecule has 1 aliphatic heterocycles. The molecule has 2 aromatic carbocycles. The molecule has 1 unspecified atom stereocenters. The third kappa shape index (κ3) is 14.4. The fourth-order valence-electron chi connectivity index (χ4n) is 9.74. The molecular formula is C54H55ClF10N10O10S2. The number of likely N-dealkylation sites (tertiary alicyclic amines) is 1. The number of pyridine rings is 1. The lowest BCUT2D eigenvalue weighted by Crippen LogP contribution is -2.61. The molecule has 1 saturated carbocycles. The van der Waals surface area contributed by atoms with E-state index < -0.39 is 202 Å². The van der Waals surface area contributed by atoms with Crippen LogP contribution in [0.4, 0.5) is 59.3 Å². The molecule has 3 atom stereocenters. The number of hydrogen-bond acceptors (Lipinski definition) is 13. The SMILES string of the molecule is CC(C)(C)OC(=O)N=C(NC(=O)OC(C)(C)C)N1CC(C(=O)N(c2nn(CC(F)(F)F)c3c(-c4ccc(C#CC(C)(C)S(C)(=O)=O)nc4[C@H](Cc4cc(F)cc(F)c4)NC(=O)Cn4nc(C(F)(F)F)c5c4C(F)(F)C4C[C@H]54)ccc(Cl)c23)S(C)(=O)=O)C1. The number of sulfone groups is 1. The van der Waals surface area contributed by atoms with E-state index in [0.29, 0.717) is 12.3 Å². The van der Waals surface area contributed by atoms with Gasteiger partial charge in [0.15, 0.2) is 21.3 Å². The number of rotatable bonds is 12. The molecule has 87 heavy (non-hydrogen) atoms. The van der Waals surface area contributed by atoms with Gasteiger partial charge in [0.05, 0.1) is 39.8 Å². The Balaban J connectivity index is 1.29. The van der Waals surface area contributed by atoms with E-state index in [9.17, 15) is 71.1 Å². The van der Waals surface area contributed by atoms with Crippen LogP contribution in [0.2, 0.25) is 5.02 Å². The first-order chi connectivity index (χ1) is 39.7. The number of carbonyl (C=O) groups is 4. The van der Waals surface area contributed by atoms with Crippen LogP contribution in [-0.4, -0.2) is 124 Å². The van der Waals surface area contributed by atoms with Gasteiger partial charge in [0, 0.05) is 48.0 Å². The van der Waals surface area contributed by atoms with Crippen molar-refractivity contribution >= 4 is 78.1 Å². The highest BCUT2D eigenvalue weighted by Crippen LogP contribution is 2.68. The first kappa shape index (κ1) is 65.4. The van der Waals surface area contributed by atoms with Gasteiger partial charge >= 0.3 is 24.5 Å². The van der Waals surface area contributed by atoms with Crippen LogP contribution in [0.5, 0.6) is 0 Å². The van der Waals surface area contributed by atoms with Gasteiger partial charge in [-0.25, -0.2) is 40.2 Å². The van der Waals surface area contributed by atoms with Crippen LogP contribution < -0.4 is 14.9 Å². The second-order valence-corrected chi connectivity index (χ2v) is 28.3. The number of anilines is 1. The molecule has 2 N–H and O–H groups in total. The molecule has 2 aliphatic carbocycles. The van der Waals surface area contributed by atoms with Crippen LogP contribution in [-0.2, 0) is 70.5 Å². The summed E-state index contributed by atoms with van der Waals surface area (Å²) in [4.78, 5) is 64.3. The van der Waals surface area contributed by atoms with E-state index >= 15 is 8.78 Å². The van der Waals surface area contributed by atoms with E-state index in [2.05, 4.69) is 42.6 Å². The van der Waals surface area contributed by atoms with E-state index in [4.69, 9.17) is 21.1 Å². The quantitative estimate of drug-likeness (QED) is 0.0512. The maximum absolute atomic E-state index is 15.7. The first-order valence-corrected chi connectivity index (χ1v) is 30.3. The molecule has 0 spiro atoms. The molecule has 3 aliphatic rings. The maximum Gasteiger partial charge on any atom is 0.437 e. The third-order valence-corrected chi connectivity index (χ3v) is 17.1. The minimum absolute atomic E-state index is 0.0813. The number of aliphatic imine (C=N–C) groups is 1. The molecule has 8 rings (SSSR count). The number of nitrogens with one attached hydrogen (secondary N) is 2. The lowest BCUT2D eigenvalue weighted by molar-refractivity contribution is -0.143. The van der Waals surface area contributed by atoms with Crippen LogP contribution in [0.1, 0.15) is 108 Å². The van der Waals surface area contributed by atoms with Crippen LogP contribution >= 0.6 is 11.6 Å². The van der Waals surface area contributed by atoms with Crippen molar-refractivity contribution in [2.45, 2.75) is 128 Å². The Morgan fingerprint density at radius 2 is 1.47 bits per heavy atom. The number of fused-ring (bicyclic) bond motifs is 4. The summed E-state index contributed by atoms with van der Waals surface area (Å²) in [6, 6.07) is 4.58. The molecule has 0 radical (unpaired) electrons. The fraction of sp³-hybridized carbons (Fsp3) is 0.481. The lowest BCUT2D eigenvalue weighted by atomic mass is 9.93. The van der Waals surface area contributed by atoms with E-state index in [0.717, 1.165) is 47.6 Å². The summed E-state index contributed by atoms with van der Waals surface area (Å²) in [5.41, 5.74) is -8.37. The average Bonchev–Trinajstić information content (AvgIpc) is 1.53. The number of aromatic nitrogens is 5. The van der Waals surface area contributed by atoms with Crippen LogP contribution in [0.3, 0.4) is 0 Å². The second kappa shape index (κ2) is 22.6. The van der Waals surface area contributed by atoms with E-state index in [1.807, 2.05) is 0 Å². The molecule has 5 aromatic rings. The minimum atomic E-state index is -5.26. The second-order valence-electron chi connectivity index (χ2n) is 23.5. The molecule has 3 aromatic heterocycles. The summed E-state index contributed by atoms with van der Waals surface area (Å²) in [6.07, 6.45) is -12.4. The van der Waals surface area contributed by atoms with Gasteiger partial charge < -0.3 is 19.7 Å². The lowest BCUT2D eigenvalue weighted by Gasteiger charge is -2.41. The summed E-state index contributed by atoms with van der Waals surface area (Å²) >= 11 is 6.79. The van der Waals surface area contributed by atoms with E-state index in [1.54, 1.807) is 0 Å². The Morgan fingerprint density at radius 3 is 2.03 bits per heavy atom. The summed E-state index contributed by atoms with van der Waals surface area (Å²) in [6.45, 7) is 7.20. The molecule has 33 heteroatoms. The number of amides is 4. The van der Waals surface area contributed by atoms with Crippen molar-refractivity contribution in [3.8, 4) is 23.0 Å². The minimum Gasteiger partial charge on any atom is -0.444 e. The standard InChI is InChI=1S/C54H55ClF10N10O10S2/c1-49(2,3)84-47(78)68-46(69-48(79)85-50(4,5)6)72-22-27(23-72)45(77)75(87(10,82)83)44-39-35(55)14-13-32(41(39)74(71-44)25-52(58,59)60)31-12-11-30(15-16-51(7,8)86(9,80)81)66-40(31)36(19-26-17-28(56)20-29(57)18-26)67-37(76)24-73-43-38(42(70-73)54(63,64)65)33-21-34(33)53(43,61)62/h11-14,17-18,20,27,33-34,36H,19,21-25H2,1-10H3,(H,67,76)(H,68,69,78,79)/t33-,34?,36-/m0/s1. The number of hydrogen-bond donors (Lipinski definition) is 2. The highest BCUT2D eigenvalue weighted by molar-refractivity contribution is 7.93. The molecule has 4 heterocycles. The number of halogens is 11. The maximum atomic E-state index is 15.7. The molecule has 20 nitrogen and oxygen atoms in total. The van der Waals surface area contributed by atoms with Crippen molar-refractivity contribution in [1.82, 2.24) is 40.1 Å². The van der Waals surface area contributed by atoms with Gasteiger partial charge in [-0.15, -0.1) is 4.99 Å². The zero-order valence-electron chi connectivity index (χ0n) is 47.7. The number of carbonyl (C=O) groups excluding carboxylic acids is 4. The Labute approximate surface area is 495 Å². The number of ether oxygens (including phenoxy) is 2. The van der Waals surface area contributed by atoms with E-state index in [1.165, 1.54) is 55.4 Å². The number of alkyl halides is 8. The highest BCUT2D eigenvalue weighted by atomic mass is 35.5. The number of nitrogens with zero attached hydrogens (tertiary/aromatic N) is 8. The monoisotopic (exact) mass is 1290 g/mol. The van der Waals surface area contributed by atoms with Gasteiger partial charge in [-0.3, -0.25) is 24.3 Å². The normalized spacial score (nSPS) is 17.6. The molecule has 470 valence electrons. The predicted octanol–water partition coefficient (Wildman–Crippen LogP) is 9.33. The van der Waals surface area contributed by atoms with Gasteiger partial charge in [-0.1, -0.05) is 23.6 Å². The zero-order valence-corrected chi connectivity index (χ0v) is 50.1. The topological polar surface area (TPSA) is 246 Å². The fourth-order valence-corrected chi connectivity index (χ4v) is 11.1. The Bertz CT molecular complexity index is 3970. The van der Waals surface area contributed by atoms with Crippen molar-refractivity contribution in [3.63, 3.8) is 0 Å². The van der Waals surface area contributed by atoms with Crippen molar-refractivity contribution in [2.24, 2.45) is 16.8 Å². The summed E-state index contributed by atoms with van der Waals surface area (Å²) in [7, 11) is -8.92. The van der Waals surface area contributed by atoms with Gasteiger partial charge in [0.1, 0.15) is 52.1 Å². The van der Waals surface area contributed by atoms with Crippen LogP contribution in [0, 0.1) is 35.3 Å². The molecule has 0 bridgehead atoms. The van der Waals surface area contributed by atoms with Crippen molar-refractivity contribution in [3.05, 3.63) is 93.0 Å². The van der Waals surface area contributed by atoms with Gasteiger partial charge in [-0.05, 0) is 116 Å². The first-order valence-electron chi connectivity index (χ1n) is 26.1. The number of sulfonamides is 1. The summed E-state index contributed by atoms with van der Waals surface area (Å²) in [5.74, 6) is -9.48. The molecule has 1 saturated heterocycles. The van der Waals surface area contributed by atoms with Gasteiger partial charge in [0.25, 0.3) is 5.92 Å². The number of alkyl carbamates (subject to hydrolysis) is 1. The van der Waals surface area contributed by atoms with Crippen LogP contribution in [0.25, 0.3) is 22.0 Å². The summed E-state index contributed by atoms with van der Waals surface area (Å²) in [5, 5.41) is 11.0. The van der Waals surface area contributed by atoms with Crippen LogP contribution in [0.15, 0.2) is 47.5 Å². The molecule has 4 amide bonds. The summed E-state index contributed by atoms with van der Waals surface area (Å²) < 4.78 is 212. The van der Waals surface area contributed by atoms with E-state index in [-0.39, 0.29) is 36.9 Å². The third-order valence-electron chi connectivity index (χ3n) is 13.8. The Hall–Kier alpha value is -7.53. The zero-order chi connectivity index (χ0) is 64.9. The largest absolute Gasteiger partial charge is 0.444 e. The Morgan fingerprint density at radius 1 is 0.862 bits per heavy atom. The Kier molecular flexibility index (Phi) is 17.0. The predicted molar refractivity (Wildman–Crippen MR) is 293 cm³/mol. The molecule has 2 fully saturated rings. The smallest absolute Gasteiger partial charge is 0.437 e. The van der Waals surface area contributed by atoms with Crippen molar-refractivity contribution in [2.75, 3.05) is 29.9 Å². The molecular weight excluding hydrogens is 1240 g/mol. The number of guanidine groups is 1. The van der Waals surface area contributed by atoms with Gasteiger partial charge in [-0.2, -0.15) is 49.6 Å². The van der Waals surface area contributed by atoms with Crippen molar-refractivity contribution < 1.29 is 89.4 Å². The van der Waals surface area contributed by atoms with Gasteiger partial charge in [0.2, 0.25) is 27.8 Å². The van der Waals surface area contributed by atoms with Crippen molar-refractivity contribution in [1.29, 1.82) is 0 Å². The highest BCUT2D eigenvalue weighted by Gasteiger charge is 2.68. The number of benzene rings is 2. The average molecular weight is 1290 g/mol.